The highest BCUT2D eigenvalue weighted by Gasteiger charge is 2.47. The fraction of sp³-hybridized carbons (Fsp3) is 0.273. The fourth-order valence-electron chi connectivity index (χ4n) is 3.84. The number of phenols is 1. The zero-order chi connectivity index (χ0) is 20.5. The van der Waals surface area contributed by atoms with E-state index < -0.39 is 17.7 Å². The number of hydrogen-bond donors (Lipinski definition) is 2. The van der Waals surface area contributed by atoms with Crippen LogP contribution in [0, 0.1) is 0 Å². The number of ether oxygens (including phenoxy) is 1. The Morgan fingerprint density at radius 1 is 1.10 bits per heavy atom. The Kier molecular flexibility index (Phi) is 5.43. The molecule has 6 nitrogen and oxygen atoms in total. The zero-order valence-corrected chi connectivity index (χ0v) is 17.1. The predicted molar refractivity (Wildman–Crippen MR) is 110 cm³/mol. The summed E-state index contributed by atoms with van der Waals surface area (Å²) in [6.07, 6.45) is 1.59. The summed E-state index contributed by atoms with van der Waals surface area (Å²) in [5.41, 5.74) is 1.13. The maximum absolute atomic E-state index is 12.9. The molecule has 2 aromatic carbocycles. The molecular weight excluding hydrogens is 438 g/mol. The van der Waals surface area contributed by atoms with Crippen molar-refractivity contribution in [2.24, 2.45) is 0 Å². The van der Waals surface area contributed by atoms with Gasteiger partial charge in [-0.05, 0) is 42.7 Å². The monoisotopic (exact) mass is 457 g/mol. The molecule has 29 heavy (non-hydrogen) atoms. The summed E-state index contributed by atoms with van der Waals surface area (Å²) in [4.78, 5) is 27.2. The van der Waals surface area contributed by atoms with Crippen LogP contribution in [0.1, 0.15) is 30.0 Å². The van der Waals surface area contributed by atoms with Crippen molar-refractivity contribution in [1.29, 1.82) is 0 Å². The molecule has 4 rings (SSSR count). The maximum Gasteiger partial charge on any atom is 0.295 e. The van der Waals surface area contributed by atoms with Gasteiger partial charge in [0.25, 0.3) is 11.7 Å². The molecular formula is C22H20BrNO5. The third-order valence-corrected chi connectivity index (χ3v) is 5.82. The number of nitrogens with zero attached hydrogens (tertiary/aromatic N) is 1. The van der Waals surface area contributed by atoms with Crippen LogP contribution >= 0.6 is 15.9 Å². The van der Waals surface area contributed by atoms with Gasteiger partial charge in [0, 0.05) is 23.2 Å². The average Bonchev–Trinajstić information content (AvgIpc) is 3.31. The number of benzene rings is 2. The van der Waals surface area contributed by atoms with Crippen molar-refractivity contribution in [3.63, 3.8) is 0 Å². The SMILES string of the molecule is O=C1C(=O)N(CC2CCCO2)C(c2ccc(O)cc2)/C1=C(\O)c1ccc(Br)cc1. The van der Waals surface area contributed by atoms with Gasteiger partial charge >= 0.3 is 0 Å². The molecule has 2 atom stereocenters. The van der Waals surface area contributed by atoms with E-state index in [-0.39, 0.29) is 29.7 Å². The van der Waals surface area contributed by atoms with Crippen LogP contribution in [0.15, 0.2) is 58.6 Å². The highest BCUT2D eigenvalue weighted by Crippen LogP contribution is 2.40. The lowest BCUT2D eigenvalue weighted by molar-refractivity contribution is -0.140. The van der Waals surface area contributed by atoms with Crippen molar-refractivity contribution in [1.82, 2.24) is 4.90 Å². The minimum Gasteiger partial charge on any atom is -0.508 e. The first-order chi connectivity index (χ1) is 14.0. The smallest absolute Gasteiger partial charge is 0.295 e. The number of Topliss-reactive ketones (excluding diaryl/α,β-unsaturated/α-hetero) is 1. The Labute approximate surface area is 176 Å². The molecule has 0 saturated carbocycles. The number of phenolic OH excluding ortho intramolecular Hbond substituents is 1. The van der Waals surface area contributed by atoms with Gasteiger partial charge in [-0.1, -0.05) is 40.2 Å². The zero-order valence-electron chi connectivity index (χ0n) is 15.5. The number of hydrogen-bond acceptors (Lipinski definition) is 5. The van der Waals surface area contributed by atoms with Crippen molar-refractivity contribution in [3.8, 4) is 5.75 Å². The third kappa shape index (κ3) is 3.80. The van der Waals surface area contributed by atoms with E-state index in [2.05, 4.69) is 15.9 Å². The third-order valence-electron chi connectivity index (χ3n) is 5.29. The Morgan fingerprint density at radius 3 is 2.41 bits per heavy atom. The van der Waals surface area contributed by atoms with Crippen LogP contribution in [-0.4, -0.2) is 46.1 Å². The normalized spacial score (nSPS) is 23.7. The van der Waals surface area contributed by atoms with Crippen LogP contribution in [0.2, 0.25) is 0 Å². The number of carbonyl (C=O) groups is 2. The van der Waals surface area contributed by atoms with Gasteiger partial charge in [0.2, 0.25) is 0 Å². The molecule has 2 saturated heterocycles. The van der Waals surface area contributed by atoms with E-state index in [1.807, 2.05) is 0 Å². The second-order valence-corrected chi connectivity index (χ2v) is 8.10. The Morgan fingerprint density at radius 2 is 1.79 bits per heavy atom. The van der Waals surface area contributed by atoms with Crippen molar-refractivity contribution in [2.75, 3.05) is 13.2 Å². The number of aliphatic hydroxyl groups excluding tert-OH is 1. The molecule has 2 aromatic rings. The van der Waals surface area contributed by atoms with Gasteiger partial charge in [-0.2, -0.15) is 0 Å². The molecule has 2 heterocycles. The molecule has 0 radical (unpaired) electrons. The second-order valence-electron chi connectivity index (χ2n) is 7.18. The number of likely N-dealkylation sites (tertiary alicyclic amines) is 1. The number of aliphatic hydroxyl groups is 1. The van der Waals surface area contributed by atoms with Gasteiger partial charge in [0.15, 0.2) is 0 Å². The standard InChI is InChI=1S/C22H20BrNO5/c23-15-7-3-14(4-8-15)20(26)18-19(13-5-9-16(25)10-6-13)24(22(28)21(18)27)12-17-2-1-11-29-17/h3-10,17,19,25-26H,1-2,11-12H2/b20-18+. The lowest BCUT2D eigenvalue weighted by atomic mass is 9.95. The summed E-state index contributed by atoms with van der Waals surface area (Å²) < 4.78 is 6.50. The summed E-state index contributed by atoms with van der Waals surface area (Å²) in [6, 6.07) is 12.4. The van der Waals surface area contributed by atoms with E-state index in [1.165, 1.54) is 17.0 Å². The lowest BCUT2D eigenvalue weighted by Crippen LogP contribution is -2.36. The minimum absolute atomic E-state index is 0.0426. The van der Waals surface area contributed by atoms with Crippen molar-refractivity contribution >= 4 is 33.4 Å². The van der Waals surface area contributed by atoms with Crippen LogP contribution < -0.4 is 0 Å². The average molecular weight is 458 g/mol. The number of carbonyl (C=O) groups excluding carboxylic acids is 2. The molecule has 2 unspecified atom stereocenters. The summed E-state index contributed by atoms with van der Waals surface area (Å²) in [5, 5.41) is 20.6. The molecule has 0 spiro atoms. The van der Waals surface area contributed by atoms with Crippen LogP contribution in [0.5, 0.6) is 5.75 Å². The summed E-state index contributed by atoms with van der Waals surface area (Å²) in [5.74, 6) is -1.51. The molecule has 0 aliphatic carbocycles. The number of ketones is 1. The van der Waals surface area contributed by atoms with Gasteiger partial charge in [0.05, 0.1) is 17.7 Å². The first-order valence-corrected chi connectivity index (χ1v) is 10.2. The van der Waals surface area contributed by atoms with E-state index in [0.717, 1.165) is 17.3 Å². The van der Waals surface area contributed by atoms with E-state index in [1.54, 1.807) is 36.4 Å². The number of amides is 1. The first kappa shape index (κ1) is 19.7. The Balaban J connectivity index is 1.81. The molecule has 2 aliphatic heterocycles. The molecule has 0 aromatic heterocycles. The van der Waals surface area contributed by atoms with Gasteiger partial charge in [0.1, 0.15) is 11.5 Å². The number of rotatable bonds is 4. The van der Waals surface area contributed by atoms with Crippen molar-refractivity contribution < 1.29 is 24.5 Å². The predicted octanol–water partition coefficient (Wildman–Crippen LogP) is 3.76. The van der Waals surface area contributed by atoms with Crippen molar-refractivity contribution in [2.45, 2.75) is 25.0 Å². The topological polar surface area (TPSA) is 87.1 Å². The molecule has 150 valence electrons. The minimum atomic E-state index is -0.747. The van der Waals surface area contributed by atoms with Crippen molar-refractivity contribution in [3.05, 3.63) is 69.7 Å². The molecule has 0 bridgehead atoms. The van der Waals surface area contributed by atoms with Crippen LogP contribution in [-0.2, 0) is 14.3 Å². The summed E-state index contributed by atoms with van der Waals surface area (Å²) in [7, 11) is 0. The van der Waals surface area contributed by atoms with Crippen LogP contribution in [0.3, 0.4) is 0 Å². The number of aromatic hydroxyl groups is 1. The molecule has 2 N–H and O–H groups in total. The van der Waals surface area contributed by atoms with E-state index >= 15 is 0 Å². The van der Waals surface area contributed by atoms with E-state index in [0.29, 0.717) is 17.7 Å². The molecule has 1 amide bonds. The first-order valence-electron chi connectivity index (χ1n) is 9.40. The molecule has 2 fully saturated rings. The van der Waals surface area contributed by atoms with Gasteiger partial charge in [-0.15, -0.1) is 0 Å². The lowest BCUT2D eigenvalue weighted by Gasteiger charge is -2.27. The fourth-order valence-corrected chi connectivity index (χ4v) is 4.11. The van der Waals surface area contributed by atoms with Gasteiger partial charge in [-0.3, -0.25) is 9.59 Å². The second kappa shape index (κ2) is 8.00. The van der Waals surface area contributed by atoms with Gasteiger partial charge < -0.3 is 19.8 Å². The molecule has 2 aliphatic rings. The maximum atomic E-state index is 12.9. The Hall–Kier alpha value is -2.64. The highest BCUT2D eigenvalue weighted by molar-refractivity contribution is 9.10. The molecule has 7 heteroatoms. The summed E-state index contributed by atoms with van der Waals surface area (Å²) in [6.45, 7) is 0.907. The largest absolute Gasteiger partial charge is 0.508 e. The van der Waals surface area contributed by atoms with Crippen LogP contribution in [0.25, 0.3) is 5.76 Å². The van der Waals surface area contributed by atoms with E-state index in [9.17, 15) is 19.8 Å². The summed E-state index contributed by atoms with van der Waals surface area (Å²) >= 11 is 3.35. The quantitative estimate of drug-likeness (QED) is 0.414. The number of halogens is 1. The van der Waals surface area contributed by atoms with E-state index in [4.69, 9.17) is 4.74 Å². The van der Waals surface area contributed by atoms with Crippen LogP contribution in [0.4, 0.5) is 0 Å². The Bertz CT molecular complexity index is 962. The highest BCUT2D eigenvalue weighted by atomic mass is 79.9. The van der Waals surface area contributed by atoms with Gasteiger partial charge in [-0.25, -0.2) is 0 Å².